The van der Waals surface area contributed by atoms with Gasteiger partial charge in [-0.1, -0.05) is 0 Å². The number of hydrogen-bond acceptors (Lipinski definition) is 6. The number of rotatable bonds is 1. The topological polar surface area (TPSA) is 93.0 Å². The quantitative estimate of drug-likeness (QED) is 0.783. The highest BCUT2D eigenvalue weighted by Crippen LogP contribution is 2.34. The number of H-pyrrole nitrogens is 1. The largest absolute Gasteiger partial charge is 0.374 e. The van der Waals surface area contributed by atoms with Crippen LogP contribution in [0.3, 0.4) is 0 Å². The van der Waals surface area contributed by atoms with Crippen molar-refractivity contribution < 1.29 is 4.74 Å². The molecule has 4 rings (SSSR count). The minimum absolute atomic E-state index is 0.285. The second-order valence-corrected chi connectivity index (χ2v) is 5.14. The van der Waals surface area contributed by atoms with Crippen LogP contribution >= 0.6 is 0 Å². The zero-order valence-corrected chi connectivity index (χ0v) is 10.5. The summed E-state index contributed by atoms with van der Waals surface area (Å²) in [6.07, 6.45) is 5.58. The van der Waals surface area contributed by atoms with Crippen molar-refractivity contribution in [2.45, 2.75) is 31.4 Å². The Morgan fingerprint density at radius 3 is 3.26 bits per heavy atom. The van der Waals surface area contributed by atoms with E-state index >= 15 is 0 Å². The van der Waals surface area contributed by atoms with Crippen LogP contribution in [-0.2, 0) is 4.74 Å². The van der Waals surface area contributed by atoms with Crippen LogP contribution in [-0.4, -0.2) is 45.5 Å². The van der Waals surface area contributed by atoms with Crippen molar-refractivity contribution in [3.05, 3.63) is 6.20 Å². The molecule has 2 aliphatic rings. The first kappa shape index (κ1) is 11.0. The summed E-state index contributed by atoms with van der Waals surface area (Å²) in [6.45, 7) is 1.59. The van der Waals surface area contributed by atoms with Crippen molar-refractivity contribution in [1.82, 2.24) is 20.2 Å². The number of anilines is 2. The number of nitrogens with one attached hydrogen (secondary N) is 1. The molecule has 2 aromatic heterocycles. The molecular formula is C12H16N6O. The van der Waals surface area contributed by atoms with E-state index in [1.54, 1.807) is 6.20 Å². The number of morpholine rings is 1. The Morgan fingerprint density at radius 2 is 2.32 bits per heavy atom. The maximum atomic E-state index is 5.84. The van der Waals surface area contributed by atoms with Crippen molar-refractivity contribution in [2.75, 3.05) is 23.8 Å². The smallest absolute Gasteiger partial charge is 0.224 e. The van der Waals surface area contributed by atoms with E-state index in [4.69, 9.17) is 10.5 Å². The number of ether oxygens (including phenoxy) is 1. The minimum Gasteiger partial charge on any atom is -0.374 e. The summed E-state index contributed by atoms with van der Waals surface area (Å²) in [5.41, 5.74) is 6.50. The average Bonchev–Trinajstić information content (AvgIpc) is 3.04. The molecule has 7 nitrogen and oxygen atoms in total. The molecule has 7 heteroatoms. The number of aromatic nitrogens is 4. The molecule has 0 aromatic carbocycles. The fourth-order valence-corrected chi connectivity index (χ4v) is 3.24. The third-order valence-corrected chi connectivity index (χ3v) is 4.06. The van der Waals surface area contributed by atoms with E-state index in [9.17, 15) is 0 Å². The zero-order valence-electron chi connectivity index (χ0n) is 10.5. The summed E-state index contributed by atoms with van der Waals surface area (Å²) >= 11 is 0. The Balaban J connectivity index is 1.82. The number of nitrogen functional groups attached to an aromatic ring is 1. The van der Waals surface area contributed by atoms with Gasteiger partial charge >= 0.3 is 0 Å². The zero-order chi connectivity index (χ0) is 12.8. The van der Waals surface area contributed by atoms with E-state index < -0.39 is 0 Å². The van der Waals surface area contributed by atoms with Gasteiger partial charge in [-0.25, -0.2) is 0 Å². The van der Waals surface area contributed by atoms with E-state index in [-0.39, 0.29) is 5.95 Å². The second-order valence-electron chi connectivity index (χ2n) is 5.14. The minimum atomic E-state index is 0.285. The van der Waals surface area contributed by atoms with E-state index in [0.717, 1.165) is 37.2 Å². The molecular weight excluding hydrogens is 244 g/mol. The Morgan fingerprint density at radius 1 is 1.37 bits per heavy atom. The van der Waals surface area contributed by atoms with E-state index in [2.05, 4.69) is 25.1 Å². The Kier molecular flexibility index (Phi) is 2.34. The molecule has 2 aromatic rings. The Labute approximate surface area is 110 Å². The van der Waals surface area contributed by atoms with Crippen molar-refractivity contribution in [2.24, 2.45) is 0 Å². The van der Waals surface area contributed by atoms with Crippen molar-refractivity contribution in [3.63, 3.8) is 0 Å². The van der Waals surface area contributed by atoms with E-state index in [1.165, 1.54) is 6.42 Å². The maximum absolute atomic E-state index is 5.84. The molecule has 0 bridgehead atoms. The number of nitrogens with two attached hydrogens (primary N) is 1. The lowest BCUT2D eigenvalue weighted by Crippen LogP contribution is -2.49. The second kappa shape index (κ2) is 4.06. The number of nitrogens with zero attached hydrogens (tertiary/aromatic N) is 4. The van der Waals surface area contributed by atoms with Crippen LogP contribution in [0.5, 0.6) is 0 Å². The molecule has 1 aliphatic heterocycles. The molecule has 3 N–H and O–H groups in total. The highest BCUT2D eigenvalue weighted by atomic mass is 16.5. The number of fused-ring (bicyclic) bond motifs is 2. The average molecular weight is 260 g/mol. The third kappa shape index (κ3) is 1.65. The summed E-state index contributed by atoms with van der Waals surface area (Å²) in [5, 5.41) is 7.84. The molecule has 2 fully saturated rings. The van der Waals surface area contributed by atoms with Gasteiger partial charge in [0.05, 0.1) is 30.3 Å². The summed E-state index contributed by atoms with van der Waals surface area (Å²) in [6, 6.07) is 0.404. The lowest BCUT2D eigenvalue weighted by molar-refractivity contribution is 0.0254. The highest BCUT2D eigenvalue weighted by molar-refractivity contribution is 5.87. The molecule has 19 heavy (non-hydrogen) atoms. The normalized spacial score (nSPS) is 26.8. The predicted octanol–water partition coefficient (Wildman–Crippen LogP) is 0.693. The molecule has 0 radical (unpaired) electrons. The van der Waals surface area contributed by atoms with Gasteiger partial charge in [0.1, 0.15) is 5.82 Å². The van der Waals surface area contributed by atoms with E-state index in [0.29, 0.717) is 17.8 Å². The first-order chi connectivity index (χ1) is 9.33. The molecule has 3 heterocycles. The van der Waals surface area contributed by atoms with Crippen LogP contribution in [0.1, 0.15) is 19.3 Å². The van der Waals surface area contributed by atoms with Gasteiger partial charge < -0.3 is 15.4 Å². The first-order valence-electron chi connectivity index (χ1n) is 6.68. The molecule has 1 aliphatic carbocycles. The fraction of sp³-hybridized carbons (Fsp3) is 0.583. The van der Waals surface area contributed by atoms with Gasteiger partial charge in [0.25, 0.3) is 0 Å². The number of aromatic amines is 1. The van der Waals surface area contributed by atoms with Crippen LogP contribution < -0.4 is 10.6 Å². The van der Waals surface area contributed by atoms with Gasteiger partial charge in [0.2, 0.25) is 5.95 Å². The van der Waals surface area contributed by atoms with Crippen molar-refractivity contribution >= 4 is 22.8 Å². The summed E-state index contributed by atoms with van der Waals surface area (Å²) in [4.78, 5) is 10.9. The predicted molar refractivity (Wildman–Crippen MR) is 70.8 cm³/mol. The molecule has 2 atom stereocenters. The van der Waals surface area contributed by atoms with Crippen LogP contribution in [0.2, 0.25) is 0 Å². The van der Waals surface area contributed by atoms with Gasteiger partial charge in [-0.15, -0.1) is 0 Å². The van der Waals surface area contributed by atoms with Crippen molar-refractivity contribution in [1.29, 1.82) is 0 Å². The molecule has 1 saturated heterocycles. The van der Waals surface area contributed by atoms with Crippen LogP contribution in [0, 0.1) is 0 Å². The van der Waals surface area contributed by atoms with Gasteiger partial charge in [-0.05, 0) is 19.3 Å². The SMILES string of the molecule is Nc1nc(N2CCOC3CCCC32)c2cn[nH]c2n1. The van der Waals surface area contributed by atoms with Gasteiger partial charge in [-0.2, -0.15) is 15.1 Å². The first-order valence-corrected chi connectivity index (χ1v) is 6.68. The van der Waals surface area contributed by atoms with Gasteiger partial charge in [-0.3, -0.25) is 5.10 Å². The maximum Gasteiger partial charge on any atom is 0.224 e. The third-order valence-electron chi connectivity index (χ3n) is 4.06. The number of hydrogen-bond donors (Lipinski definition) is 2. The van der Waals surface area contributed by atoms with Crippen molar-refractivity contribution in [3.8, 4) is 0 Å². The summed E-state index contributed by atoms with van der Waals surface area (Å²) < 4.78 is 5.84. The Hall–Kier alpha value is -1.89. The molecule has 100 valence electrons. The lowest BCUT2D eigenvalue weighted by atomic mass is 10.1. The highest BCUT2D eigenvalue weighted by Gasteiger charge is 2.37. The fourth-order valence-electron chi connectivity index (χ4n) is 3.24. The summed E-state index contributed by atoms with van der Waals surface area (Å²) in [7, 11) is 0. The Bertz CT molecular complexity index is 611. The monoisotopic (exact) mass is 260 g/mol. The molecule has 1 saturated carbocycles. The van der Waals surface area contributed by atoms with Gasteiger partial charge in [0.15, 0.2) is 5.65 Å². The molecule has 0 amide bonds. The lowest BCUT2D eigenvalue weighted by Gasteiger charge is -2.38. The molecule has 0 spiro atoms. The summed E-state index contributed by atoms with van der Waals surface area (Å²) in [5.74, 6) is 1.17. The van der Waals surface area contributed by atoms with Crippen LogP contribution in [0.15, 0.2) is 6.20 Å². The van der Waals surface area contributed by atoms with E-state index in [1.807, 2.05) is 0 Å². The van der Waals surface area contributed by atoms with Gasteiger partial charge in [0, 0.05) is 6.54 Å². The molecule has 2 unspecified atom stereocenters. The standard InChI is InChI=1S/C12H16N6O/c13-12-15-10-7(6-14-17-10)11(16-12)18-4-5-19-9-3-1-2-8(9)18/h6,8-9H,1-5H2,(H3,13,14,15,16,17). The van der Waals surface area contributed by atoms with Crippen LogP contribution in [0.25, 0.3) is 11.0 Å². The van der Waals surface area contributed by atoms with Crippen LogP contribution in [0.4, 0.5) is 11.8 Å².